The molecule has 3 aromatic carbocycles. The molecule has 0 spiro atoms. The first-order chi connectivity index (χ1) is 11.7. The molecular weight excluding hydrogens is 336 g/mol. The number of rotatable bonds is 6. The lowest BCUT2D eigenvalue weighted by Gasteiger charge is -2.06. The lowest BCUT2D eigenvalue weighted by Crippen LogP contribution is -2.01. The normalized spacial score (nSPS) is 10.5. The first-order valence-corrected chi connectivity index (χ1v) is 9.16. The van der Waals surface area contributed by atoms with Crippen LogP contribution < -0.4 is 0 Å². The fraction of sp³-hybridized carbons (Fsp3) is 0.0952. The van der Waals surface area contributed by atoms with Crippen molar-refractivity contribution < 1.29 is 4.79 Å². The molecule has 0 saturated carbocycles. The maximum atomic E-state index is 12.5. The molecule has 0 aliphatic carbocycles. The van der Waals surface area contributed by atoms with Gasteiger partial charge in [-0.2, -0.15) is 0 Å². The van der Waals surface area contributed by atoms with Gasteiger partial charge < -0.3 is 0 Å². The number of carbonyl (C=O) groups is 1. The van der Waals surface area contributed by atoms with E-state index in [9.17, 15) is 4.79 Å². The summed E-state index contributed by atoms with van der Waals surface area (Å²) in [6, 6.07) is 25.3. The predicted molar refractivity (Wildman–Crippen MR) is 102 cm³/mol. The van der Waals surface area contributed by atoms with Crippen molar-refractivity contribution in [1.82, 2.24) is 0 Å². The van der Waals surface area contributed by atoms with E-state index in [0.717, 1.165) is 12.2 Å². The van der Waals surface area contributed by atoms with Crippen LogP contribution in [0.5, 0.6) is 0 Å². The maximum absolute atomic E-state index is 12.5. The van der Waals surface area contributed by atoms with Gasteiger partial charge in [-0.15, -0.1) is 11.8 Å². The Labute approximate surface area is 151 Å². The van der Waals surface area contributed by atoms with Crippen LogP contribution in [0.25, 0.3) is 0 Å². The summed E-state index contributed by atoms with van der Waals surface area (Å²) in [4.78, 5) is 13.7. The third-order valence-electron chi connectivity index (χ3n) is 3.74. The third kappa shape index (κ3) is 4.28. The van der Waals surface area contributed by atoms with Crippen LogP contribution in [0.1, 0.15) is 21.5 Å². The fourth-order valence-corrected chi connectivity index (χ4v) is 3.56. The summed E-state index contributed by atoms with van der Waals surface area (Å²) in [5.41, 5.74) is 2.55. The van der Waals surface area contributed by atoms with Crippen molar-refractivity contribution in [1.29, 1.82) is 0 Å². The van der Waals surface area contributed by atoms with Gasteiger partial charge in [0.25, 0.3) is 0 Å². The second kappa shape index (κ2) is 8.18. The van der Waals surface area contributed by atoms with E-state index in [1.807, 2.05) is 42.5 Å². The predicted octanol–water partition coefficient (Wildman–Crippen LogP) is 5.91. The number of ketones is 1. The van der Waals surface area contributed by atoms with E-state index >= 15 is 0 Å². The molecule has 3 aromatic rings. The van der Waals surface area contributed by atoms with Crippen LogP contribution in [0, 0.1) is 0 Å². The number of hydrogen-bond acceptors (Lipinski definition) is 2. The van der Waals surface area contributed by atoms with Crippen molar-refractivity contribution in [3.8, 4) is 0 Å². The molecule has 0 unspecified atom stereocenters. The quantitative estimate of drug-likeness (QED) is 0.405. The molecule has 24 heavy (non-hydrogen) atoms. The molecule has 0 amide bonds. The minimum absolute atomic E-state index is 0.0403. The minimum atomic E-state index is -0.0403. The third-order valence-corrected chi connectivity index (χ3v) is 5.08. The van der Waals surface area contributed by atoms with Crippen LogP contribution in [-0.2, 0) is 6.42 Å². The van der Waals surface area contributed by atoms with Gasteiger partial charge in [0.2, 0.25) is 0 Å². The zero-order chi connectivity index (χ0) is 16.8. The highest BCUT2D eigenvalue weighted by Crippen LogP contribution is 2.23. The van der Waals surface area contributed by atoms with Crippen molar-refractivity contribution in [2.24, 2.45) is 0 Å². The topological polar surface area (TPSA) is 17.1 Å². The number of benzene rings is 3. The fourth-order valence-electron chi connectivity index (χ4n) is 2.43. The van der Waals surface area contributed by atoms with E-state index in [-0.39, 0.29) is 5.78 Å². The van der Waals surface area contributed by atoms with E-state index in [1.165, 1.54) is 10.5 Å². The molecule has 120 valence electrons. The van der Waals surface area contributed by atoms with Crippen LogP contribution in [0.3, 0.4) is 0 Å². The summed E-state index contributed by atoms with van der Waals surface area (Å²) in [5, 5.41) is 0.490. The van der Waals surface area contributed by atoms with Gasteiger partial charge in [-0.25, -0.2) is 0 Å². The van der Waals surface area contributed by atoms with Crippen molar-refractivity contribution in [2.75, 3.05) is 5.75 Å². The number of thioether (sulfide) groups is 1. The molecule has 0 radical (unpaired) electrons. The van der Waals surface area contributed by atoms with Gasteiger partial charge in [0.15, 0.2) is 5.78 Å². The van der Waals surface area contributed by atoms with Crippen LogP contribution in [0.2, 0.25) is 5.02 Å². The maximum Gasteiger partial charge on any atom is 0.194 e. The molecule has 0 saturated heterocycles. The minimum Gasteiger partial charge on any atom is -0.289 e. The second-order valence-electron chi connectivity index (χ2n) is 5.42. The zero-order valence-electron chi connectivity index (χ0n) is 13.1. The Morgan fingerprint density at radius 3 is 2.21 bits per heavy atom. The molecule has 0 fully saturated rings. The summed E-state index contributed by atoms with van der Waals surface area (Å²) >= 11 is 7.90. The van der Waals surface area contributed by atoms with E-state index in [2.05, 4.69) is 24.3 Å². The standard InChI is InChI=1S/C21H17ClOS/c22-20-9-5-4-8-19(20)21(23)17-10-12-18(13-11-17)24-15-14-16-6-2-1-3-7-16/h1-13H,14-15H2. The Bertz CT molecular complexity index is 813. The monoisotopic (exact) mass is 352 g/mol. The van der Waals surface area contributed by atoms with E-state index < -0.39 is 0 Å². The summed E-state index contributed by atoms with van der Waals surface area (Å²) < 4.78 is 0. The van der Waals surface area contributed by atoms with Gasteiger partial charge in [-0.1, -0.05) is 54.1 Å². The SMILES string of the molecule is O=C(c1ccc(SCCc2ccccc2)cc1)c1ccccc1Cl. The van der Waals surface area contributed by atoms with Gasteiger partial charge in [0.1, 0.15) is 0 Å². The lowest BCUT2D eigenvalue weighted by molar-refractivity contribution is 0.103. The highest BCUT2D eigenvalue weighted by atomic mass is 35.5. The van der Waals surface area contributed by atoms with Crippen molar-refractivity contribution >= 4 is 29.1 Å². The van der Waals surface area contributed by atoms with Crippen molar-refractivity contribution in [2.45, 2.75) is 11.3 Å². The summed E-state index contributed by atoms with van der Waals surface area (Å²) in [7, 11) is 0. The summed E-state index contributed by atoms with van der Waals surface area (Å²) in [6.07, 6.45) is 1.03. The number of aryl methyl sites for hydroxylation is 1. The Kier molecular flexibility index (Phi) is 5.73. The molecule has 0 heterocycles. The highest BCUT2D eigenvalue weighted by Gasteiger charge is 2.12. The molecule has 0 bridgehead atoms. The van der Waals surface area contributed by atoms with Gasteiger partial charge in [0, 0.05) is 21.8 Å². The zero-order valence-corrected chi connectivity index (χ0v) is 14.7. The molecule has 0 aliphatic heterocycles. The first kappa shape index (κ1) is 16.8. The average Bonchev–Trinajstić information content (AvgIpc) is 2.63. The Morgan fingerprint density at radius 1 is 0.833 bits per heavy atom. The average molecular weight is 353 g/mol. The smallest absolute Gasteiger partial charge is 0.194 e. The molecule has 3 heteroatoms. The molecule has 1 nitrogen and oxygen atoms in total. The van der Waals surface area contributed by atoms with Gasteiger partial charge in [0.05, 0.1) is 5.02 Å². The molecule has 3 rings (SSSR count). The van der Waals surface area contributed by atoms with E-state index in [1.54, 1.807) is 23.9 Å². The molecule has 0 atom stereocenters. The van der Waals surface area contributed by atoms with Gasteiger partial charge in [-0.3, -0.25) is 4.79 Å². The van der Waals surface area contributed by atoms with Gasteiger partial charge in [-0.05, 0) is 48.4 Å². The summed E-state index contributed by atoms with van der Waals surface area (Å²) in [5.74, 6) is 0.975. The number of halogens is 1. The van der Waals surface area contributed by atoms with Gasteiger partial charge >= 0.3 is 0 Å². The molecule has 0 N–H and O–H groups in total. The van der Waals surface area contributed by atoms with Crippen molar-refractivity contribution in [3.05, 3.63) is 101 Å². The Morgan fingerprint density at radius 2 is 1.50 bits per heavy atom. The van der Waals surface area contributed by atoms with Crippen LogP contribution in [-0.4, -0.2) is 11.5 Å². The van der Waals surface area contributed by atoms with Crippen molar-refractivity contribution in [3.63, 3.8) is 0 Å². The van der Waals surface area contributed by atoms with Crippen LogP contribution in [0.15, 0.2) is 83.8 Å². The Hall–Kier alpha value is -2.03. The number of carbonyl (C=O) groups excluding carboxylic acids is 1. The molecule has 0 aliphatic rings. The van der Waals surface area contributed by atoms with Crippen LogP contribution in [0.4, 0.5) is 0 Å². The van der Waals surface area contributed by atoms with E-state index in [4.69, 9.17) is 11.6 Å². The largest absolute Gasteiger partial charge is 0.289 e. The second-order valence-corrected chi connectivity index (χ2v) is 6.99. The van der Waals surface area contributed by atoms with E-state index in [0.29, 0.717) is 16.1 Å². The molecule has 0 aromatic heterocycles. The first-order valence-electron chi connectivity index (χ1n) is 7.80. The summed E-state index contributed by atoms with van der Waals surface area (Å²) in [6.45, 7) is 0. The lowest BCUT2D eigenvalue weighted by atomic mass is 10.0. The number of hydrogen-bond donors (Lipinski definition) is 0. The molecular formula is C21H17ClOS. The van der Waals surface area contributed by atoms with Crippen LogP contribution >= 0.6 is 23.4 Å². The highest BCUT2D eigenvalue weighted by molar-refractivity contribution is 7.99. The Balaban J connectivity index is 1.61.